The third-order valence-electron chi connectivity index (χ3n) is 4.09. The highest BCUT2D eigenvalue weighted by molar-refractivity contribution is 5.88. The Labute approximate surface area is 151 Å². The monoisotopic (exact) mass is 352 g/mol. The van der Waals surface area contributed by atoms with E-state index in [1.165, 1.54) is 0 Å². The fourth-order valence-corrected chi connectivity index (χ4v) is 2.92. The van der Waals surface area contributed by atoms with Gasteiger partial charge in [-0.2, -0.15) is 0 Å². The van der Waals surface area contributed by atoms with Gasteiger partial charge in [-0.1, -0.05) is 54.6 Å². The zero-order valence-electron chi connectivity index (χ0n) is 14.1. The van der Waals surface area contributed by atoms with Crippen molar-refractivity contribution in [1.82, 2.24) is 0 Å². The normalized spacial score (nSPS) is 14.9. The van der Waals surface area contributed by atoms with Gasteiger partial charge in [0, 0.05) is 17.5 Å². The average Bonchev–Trinajstić information content (AvgIpc) is 2.60. The van der Waals surface area contributed by atoms with Gasteiger partial charge in [0.2, 0.25) is 0 Å². The number of aliphatic hydroxyl groups excluding tert-OH is 2. The van der Waals surface area contributed by atoms with E-state index >= 15 is 0 Å². The maximum Gasteiger partial charge on any atom is 0.305 e. The van der Waals surface area contributed by atoms with Gasteiger partial charge < -0.3 is 20.1 Å². The van der Waals surface area contributed by atoms with Crippen LogP contribution >= 0.6 is 0 Å². The van der Waals surface area contributed by atoms with E-state index in [1.54, 1.807) is 12.2 Å². The molecular formula is C21H20O5. The van der Waals surface area contributed by atoms with Crippen molar-refractivity contribution in [2.45, 2.75) is 25.0 Å². The number of allylic oxidation sites excluding steroid dienone is 2. The number of aliphatic hydroxyl groups is 2. The molecule has 0 unspecified atom stereocenters. The summed E-state index contributed by atoms with van der Waals surface area (Å²) in [6.07, 6.45) is 2.72. The van der Waals surface area contributed by atoms with Crippen LogP contribution in [0.4, 0.5) is 0 Å². The first-order chi connectivity index (χ1) is 12.5. The second-order valence-electron chi connectivity index (χ2n) is 6.11. The lowest BCUT2D eigenvalue weighted by Gasteiger charge is -2.22. The fourth-order valence-electron chi connectivity index (χ4n) is 2.92. The van der Waals surface area contributed by atoms with E-state index in [1.807, 2.05) is 54.6 Å². The molecule has 26 heavy (non-hydrogen) atoms. The summed E-state index contributed by atoms with van der Waals surface area (Å²) in [4.78, 5) is 10.6. The molecule has 0 amide bonds. The van der Waals surface area contributed by atoms with Crippen LogP contribution in [-0.4, -0.2) is 33.5 Å². The third-order valence-corrected chi connectivity index (χ3v) is 4.09. The molecule has 0 saturated carbocycles. The number of carboxylic acid groups (broad SMARTS) is 1. The Bertz CT molecular complexity index is 805. The van der Waals surface area contributed by atoms with Crippen LogP contribution in [-0.2, 0) is 4.79 Å². The minimum Gasteiger partial charge on any atom is -0.481 e. The molecular weight excluding hydrogens is 332 g/mol. The van der Waals surface area contributed by atoms with Crippen LogP contribution in [0.15, 0.2) is 66.8 Å². The van der Waals surface area contributed by atoms with E-state index in [4.69, 9.17) is 9.84 Å². The number of rotatable bonds is 6. The average molecular weight is 352 g/mol. The Balaban J connectivity index is 1.81. The van der Waals surface area contributed by atoms with E-state index in [-0.39, 0.29) is 12.8 Å². The number of fused-ring (bicyclic) bond motifs is 2. The second-order valence-corrected chi connectivity index (χ2v) is 6.11. The summed E-state index contributed by atoms with van der Waals surface area (Å²) >= 11 is 0. The molecule has 0 spiro atoms. The van der Waals surface area contributed by atoms with Gasteiger partial charge in [0.1, 0.15) is 11.5 Å². The molecule has 134 valence electrons. The predicted octanol–water partition coefficient (Wildman–Crippen LogP) is 3.37. The molecule has 3 N–H and O–H groups in total. The molecule has 1 aliphatic rings. The number of benzene rings is 2. The van der Waals surface area contributed by atoms with Crippen molar-refractivity contribution in [3.63, 3.8) is 0 Å². The predicted molar refractivity (Wildman–Crippen MR) is 98.1 cm³/mol. The molecule has 0 saturated heterocycles. The van der Waals surface area contributed by atoms with Crippen LogP contribution < -0.4 is 4.74 Å². The van der Waals surface area contributed by atoms with Gasteiger partial charge in [-0.3, -0.25) is 4.79 Å². The lowest BCUT2D eigenvalue weighted by Crippen LogP contribution is -2.19. The van der Waals surface area contributed by atoms with Crippen molar-refractivity contribution in [1.29, 1.82) is 0 Å². The minimum atomic E-state index is -1.09. The minimum absolute atomic E-state index is 0.0255. The Morgan fingerprint density at radius 1 is 1.00 bits per heavy atom. The summed E-state index contributed by atoms with van der Waals surface area (Å²) < 4.78 is 5.92. The Kier molecular flexibility index (Phi) is 5.51. The SMILES string of the molecule is O=C(O)C[C@H](O)C[C@H](O)C=CC=C1c2ccccc2Oc2ccccc21. The first-order valence-electron chi connectivity index (χ1n) is 8.37. The van der Waals surface area contributed by atoms with Crippen molar-refractivity contribution in [3.05, 3.63) is 77.9 Å². The smallest absolute Gasteiger partial charge is 0.305 e. The van der Waals surface area contributed by atoms with Crippen LogP contribution in [0, 0.1) is 0 Å². The number of hydrogen-bond donors (Lipinski definition) is 3. The standard InChI is InChI=1S/C21H20O5/c22-14(12-15(23)13-21(24)25)6-5-9-16-17-7-1-3-10-19(17)26-20-11-4-2-8-18(16)20/h1-11,14-15,22-23H,12-13H2,(H,24,25)/t14-,15-/m1/s1. The highest BCUT2D eigenvalue weighted by Crippen LogP contribution is 2.43. The maximum absolute atomic E-state index is 10.6. The van der Waals surface area contributed by atoms with Crippen LogP contribution in [0.2, 0.25) is 0 Å². The first kappa shape index (κ1) is 17.9. The lowest BCUT2D eigenvalue weighted by atomic mass is 9.93. The van der Waals surface area contributed by atoms with Crippen molar-refractivity contribution in [3.8, 4) is 11.5 Å². The molecule has 1 aliphatic heterocycles. The number of carbonyl (C=O) groups is 1. The summed E-state index contributed by atoms with van der Waals surface area (Å²) in [5.41, 5.74) is 2.88. The van der Waals surface area contributed by atoms with Crippen LogP contribution in [0.5, 0.6) is 11.5 Å². The molecule has 0 aliphatic carbocycles. The third kappa shape index (κ3) is 4.20. The fraction of sp³-hybridized carbons (Fsp3) is 0.190. The molecule has 2 aromatic carbocycles. The van der Waals surface area contributed by atoms with E-state index in [9.17, 15) is 15.0 Å². The molecule has 2 atom stereocenters. The molecule has 5 heteroatoms. The van der Waals surface area contributed by atoms with Gasteiger partial charge in [-0.05, 0) is 17.7 Å². The van der Waals surface area contributed by atoms with Crippen molar-refractivity contribution >= 4 is 11.5 Å². The molecule has 3 rings (SSSR count). The van der Waals surface area contributed by atoms with Crippen molar-refractivity contribution in [2.75, 3.05) is 0 Å². The number of hydrogen-bond acceptors (Lipinski definition) is 4. The second kappa shape index (κ2) is 7.99. The number of para-hydroxylation sites is 2. The highest BCUT2D eigenvalue weighted by Gasteiger charge is 2.20. The van der Waals surface area contributed by atoms with Gasteiger partial charge in [-0.15, -0.1) is 0 Å². The summed E-state index contributed by atoms with van der Waals surface area (Å²) in [5.74, 6) is 0.442. The summed E-state index contributed by atoms with van der Waals surface area (Å²) in [5, 5.41) is 28.2. The molecule has 0 radical (unpaired) electrons. The quantitative estimate of drug-likeness (QED) is 0.633. The highest BCUT2D eigenvalue weighted by atomic mass is 16.5. The summed E-state index contributed by atoms with van der Waals surface area (Å²) in [6.45, 7) is 0. The molecule has 5 nitrogen and oxygen atoms in total. The topological polar surface area (TPSA) is 87.0 Å². The zero-order chi connectivity index (χ0) is 18.5. The molecule has 1 heterocycles. The Morgan fingerprint density at radius 2 is 1.58 bits per heavy atom. The van der Waals surface area contributed by atoms with E-state index in [0.29, 0.717) is 0 Å². The van der Waals surface area contributed by atoms with Gasteiger partial charge in [0.05, 0.1) is 18.6 Å². The number of carboxylic acids is 1. The van der Waals surface area contributed by atoms with Gasteiger partial charge in [-0.25, -0.2) is 0 Å². The van der Waals surface area contributed by atoms with E-state index < -0.39 is 18.2 Å². The number of aliphatic carboxylic acids is 1. The summed E-state index contributed by atoms with van der Waals surface area (Å²) in [6, 6.07) is 15.4. The molecule has 2 aromatic rings. The van der Waals surface area contributed by atoms with E-state index in [0.717, 1.165) is 28.2 Å². The molecule has 0 aromatic heterocycles. The first-order valence-corrected chi connectivity index (χ1v) is 8.37. The van der Waals surface area contributed by atoms with Crippen molar-refractivity contribution < 1.29 is 24.9 Å². The van der Waals surface area contributed by atoms with E-state index in [2.05, 4.69) is 0 Å². The van der Waals surface area contributed by atoms with Crippen LogP contribution in [0.3, 0.4) is 0 Å². The molecule has 0 bridgehead atoms. The van der Waals surface area contributed by atoms with Gasteiger partial charge >= 0.3 is 5.97 Å². The number of ether oxygens (including phenoxy) is 1. The largest absolute Gasteiger partial charge is 0.481 e. The Hall–Kier alpha value is -2.89. The van der Waals surface area contributed by atoms with Crippen LogP contribution in [0.1, 0.15) is 24.0 Å². The van der Waals surface area contributed by atoms with Gasteiger partial charge in [0.15, 0.2) is 0 Å². The van der Waals surface area contributed by atoms with Crippen LogP contribution in [0.25, 0.3) is 5.57 Å². The maximum atomic E-state index is 10.6. The zero-order valence-corrected chi connectivity index (χ0v) is 14.1. The Morgan fingerprint density at radius 3 is 2.15 bits per heavy atom. The lowest BCUT2D eigenvalue weighted by molar-refractivity contribution is -0.139. The summed E-state index contributed by atoms with van der Waals surface area (Å²) in [7, 11) is 0. The van der Waals surface area contributed by atoms with Gasteiger partial charge in [0.25, 0.3) is 0 Å². The van der Waals surface area contributed by atoms with Crippen molar-refractivity contribution in [2.24, 2.45) is 0 Å². The molecule has 0 fully saturated rings.